The molecule has 6 nitrogen and oxygen atoms in total. The van der Waals surface area contributed by atoms with E-state index in [1.165, 1.54) is 17.7 Å². The standard InChI is InChI=1S/C17H22N4O2S/c22-17(18-10-14-4-2-8-24-14)21-7-1-3-12(11-21)9-15-19-16(20-23-15)13-5-6-13/h2,4,8,12-13H,1,3,5-7,9-11H2,(H,18,22)/t12-/m1/s1. The van der Waals surface area contributed by atoms with Gasteiger partial charge in [-0.1, -0.05) is 11.2 Å². The third-order valence-corrected chi connectivity index (χ3v) is 5.57. The maximum absolute atomic E-state index is 12.4. The predicted molar refractivity (Wildman–Crippen MR) is 90.8 cm³/mol. The number of urea groups is 1. The molecule has 0 bridgehead atoms. The van der Waals surface area contributed by atoms with Crippen molar-refractivity contribution in [3.05, 3.63) is 34.1 Å². The Morgan fingerprint density at radius 3 is 3.12 bits per heavy atom. The third-order valence-electron chi connectivity index (χ3n) is 4.69. The van der Waals surface area contributed by atoms with Gasteiger partial charge < -0.3 is 14.7 Å². The van der Waals surface area contributed by atoms with Gasteiger partial charge in [-0.2, -0.15) is 4.98 Å². The molecule has 3 heterocycles. The number of carbonyl (C=O) groups is 1. The second-order valence-electron chi connectivity index (χ2n) is 6.72. The lowest BCUT2D eigenvalue weighted by Gasteiger charge is -2.32. The van der Waals surface area contributed by atoms with Crippen LogP contribution >= 0.6 is 11.3 Å². The first kappa shape index (κ1) is 15.6. The maximum Gasteiger partial charge on any atom is 0.317 e. The molecule has 24 heavy (non-hydrogen) atoms. The first-order valence-corrected chi connectivity index (χ1v) is 9.53. The molecule has 2 aliphatic rings. The molecule has 0 spiro atoms. The van der Waals surface area contributed by atoms with Crippen LogP contribution in [0.5, 0.6) is 0 Å². The van der Waals surface area contributed by atoms with Gasteiger partial charge in [0.1, 0.15) is 0 Å². The number of amides is 2. The molecule has 1 saturated heterocycles. The fourth-order valence-corrected chi connectivity index (χ4v) is 3.85. The van der Waals surface area contributed by atoms with Crippen LogP contribution in [0, 0.1) is 5.92 Å². The van der Waals surface area contributed by atoms with E-state index in [0.717, 1.165) is 44.1 Å². The number of nitrogens with one attached hydrogen (secondary N) is 1. The normalized spacial score (nSPS) is 21.0. The van der Waals surface area contributed by atoms with Crippen LogP contribution in [-0.2, 0) is 13.0 Å². The van der Waals surface area contributed by atoms with Crippen molar-refractivity contribution in [2.24, 2.45) is 5.92 Å². The number of likely N-dealkylation sites (tertiary alicyclic amines) is 1. The average molecular weight is 346 g/mol. The summed E-state index contributed by atoms with van der Waals surface area (Å²) >= 11 is 1.66. The van der Waals surface area contributed by atoms with E-state index in [9.17, 15) is 4.79 Å². The van der Waals surface area contributed by atoms with E-state index in [-0.39, 0.29) is 6.03 Å². The minimum Gasteiger partial charge on any atom is -0.339 e. The van der Waals surface area contributed by atoms with E-state index in [1.807, 2.05) is 22.4 Å². The number of carbonyl (C=O) groups excluding carboxylic acids is 1. The first-order valence-electron chi connectivity index (χ1n) is 8.65. The third kappa shape index (κ3) is 3.77. The minimum atomic E-state index is 0.0253. The Morgan fingerprint density at radius 2 is 2.33 bits per heavy atom. The molecular weight excluding hydrogens is 324 g/mol. The zero-order chi connectivity index (χ0) is 16.4. The van der Waals surface area contributed by atoms with E-state index in [4.69, 9.17) is 4.52 Å². The summed E-state index contributed by atoms with van der Waals surface area (Å²) in [6, 6.07) is 4.07. The fraction of sp³-hybridized carbons (Fsp3) is 0.588. The molecule has 7 heteroatoms. The maximum atomic E-state index is 12.4. The Morgan fingerprint density at radius 1 is 1.42 bits per heavy atom. The molecule has 0 radical (unpaired) electrons. The van der Waals surface area contributed by atoms with Crippen molar-refractivity contribution in [2.45, 2.75) is 44.6 Å². The summed E-state index contributed by atoms with van der Waals surface area (Å²) in [5, 5.41) is 9.12. The van der Waals surface area contributed by atoms with Gasteiger partial charge in [0, 0.05) is 30.3 Å². The first-order chi connectivity index (χ1) is 11.8. The monoisotopic (exact) mass is 346 g/mol. The van der Waals surface area contributed by atoms with Gasteiger partial charge in [-0.25, -0.2) is 4.79 Å². The zero-order valence-electron chi connectivity index (χ0n) is 13.6. The van der Waals surface area contributed by atoms with Crippen LogP contribution in [0.1, 0.15) is 48.2 Å². The summed E-state index contributed by atoms with van der Waals surface area (Å²) in [6.45, 7) is 2.19. The summed E-state index contributed by atoms with van der Waals surface area (Å²) in [5.74, 6) is 2.52. The van der Waals surface area contributed by atoms with Gasteiger partial charge in [0.2, 0.25) is 5.89 Å². The fourth-order valence-electron chi connectivity index (χ4n) is 3.21. The van der Waals surface area contributed by atoms with Crippen LogP contribution in [0.2, 0.25) is 0 Å². The van der Waals surface area contributed by atoms with Gasteiger partial charge in [-0.05, 0) is 43.0 Å². The predicted octanol–water partition coefficient (Wildman–Crippen LogP) is 3.17. The number of aromatic nitrogens is 2. The Balaban J connectivity index is 1.28. The van der Waals surface area contributed by atoms with Gasteiger partial charge in [-0.15, -0.1) is 11.3 Å². The highest BCUT2D eigenvalue weighted by Crippen LogP contribution is 2.38. The average Bonchev–Trinajstić information content (AvgIpc) is 3.12. The van der Waals surface area contributed by atoms with Crippen molar-refractivity contribution in [3.63, 3.8) is 0 Å². The summed E-state index contributed by atoms with van der Waals surface area (Å²) < 4.78 is 5.38. The van der Waals surface area contributed by atoms with Gasteiger partial charge in [0.15, 0.2) is 5.82 Å². The van der Waals surface area contributed by atoms with Crippen LogP contribution in [-0.4, -0.2) is 34.2 Å². The number of thiophene rings is 1. The lowest BCUT2D eigenvalue weighted by atomic mass is 9.95. The largest absolute Gasteiger partial charge is 0.339 e. The van der Waals surface area contributed by atoms with Gasteiger partial charge >= 0.3 is 6.03 Å². The topological polar surface area (TPSA) is 71.3 Å². The van der Waals surface area contributed by atoms with Crippen LogP contribution in [0.4, 0.5) is 4.79 Å². The van der Waals surface area contributed by atoms with Crippen LogP contribution in [0.15, 0.2) is 22.0 Å². The molecule has 1 atom stereocenters. The minimum absolute atomic E-state index is 0.0253. The Labute approximate surface area is 145 Å². The van der Waals surface area contributed by atoms with Crippen LogP contribution in [0.25, 0.3) is 0 Å². The van der Waals surface area contributed by atoms with Crippen LogP contribution < -0.4 is 5.32 Å². The molecule has 1 aliphatic heterocycles. The number of piperidine rings is 1. The van der Waals surface area contributed by atoms with Crippen molar-refractivity contribution >= 4 is 17.4 Å². The molecule has 2 amide bonds. The molecule has 2 fully saturated rings. The lowest BCUT2D eigenvalue weighted by Crippen LogP contribution is -2.45. The molecule has 128 valence electrons. The lowest BCUT2D eigenvalue weighted by molar-refractivity contribution is 0.161. The van der Waals surface area contributed by atoms with E-state index in [2.05, 4.69) is 15.5 Å². The van der Waals surface area contributed by atoms with Crippen LogP contribution in [0.3, 0.4) is 0 Å². The van der Waals surface area contributed by atoms with Gasteiger partial charge in [-0.3, -0.25) is 0 Å². The number of rotatable bonds is 5. The molecule has 2 aromatic heterocycles. The van der Waals surface area contributed by atoms with Gasteiger partial charge in [0.05, 0.1) is 6.54 Å². The van der Waals surface area contributed by atoms with Gasteiger partial charge in [0.25, 0.3) is 0 Å². The smallest absolute Gasteiger partial charge is 0.317 e. The number of nitrogens with zero attached hydrogens (tertiary/aromatic N) is 3. The Bertz CT molecular complexity index is 681. The van der Waals surface area contributed by atoms with E-state index >= 15 is 0 Å². The molecule has 1 aliphatic carbocycles. The number of hydrogen-bond acceptors (Lipinski definition) is 5. The second kappa shape index (κ2) is 6.93. The molecule has 0 unspecified atom stereocenters. The summed E-state index contributed by atoms with van der Waals surface area (Å²) in [6.07, 6.45) is 5.27. The SMILES string of the molecule is O=C(NCc1cccs1)N1CCC[C@H](Cc2nc(C3CC3)no2)C1. The highest BCUT2D eigenvalue weighted by molar-refractivity contribution is 7.09. The highest BCUT2D eigenvalue weighted by Gasteiger charge is 2.30. The van der Waals surface area contributed by atoms with E-state index in [0.29, 0.717) is 18.4 Å². The highest BCUT2D eigenvalue weighted by atomic mass is 32.1. The summed E-state index contributed by atoms with van der Waals surface area (Å²) in [7, 11) is 0. The van der Waals surface area contributed by atoms with Crippen molar-refractivity contribution in [2.75, 3.05) is 13.1 Å². The second-order valence-corrected chi connectivity index (χ2v) is 7.75. The Kier molecular flexibility index (Phi) is 4.51. The molecular formula is C17H22N4O2S. The van der Waals surface area contributed by atoms with E-state index in [1.54, 1.807) is 11.3 Å². The quantitative estimate of drug-likeness (QED) is 0.903. The molecule has 1 N–H and O–H groups in total. The zero-order valence-corrected chi connectivity index (χ0v) is 14.4. The molecule has 0 aromatic carbocycles. The molecule has 1 saturated carbocycles. The van der Waals surface area contributed by atoms with Crippen molar-refractivity contribution in [1.82, 2.24) is 20.4 Å². The van der Waals surface area contributed by atoms with Crippen molar-refractivity contribution in [3.8, 4) is 0 Å². The molecule has 4 rings (SSSR count). The Hall–Kier alpha value is -1.89. The summed E-state index contributed by atoms with van der Waals surface area (Å²) in [5.41, 5.74) is 0. The van der Waals surface area contributed by atoms with E-state index < -0.39 is 0 Å². The summed E-state index contributed by atoms with van der Waals surface area (Å²) in [4.78, 5) is 20.0. The van der Waals surface area contributed by atoms with Crippen molar-refractivity contribution < 1.29 is 9.32 Å². The number of hydrogen-bond donors (Lipinski definition) is 1. The van der Waals surface area contributed by atoms with Crippen molar-refractivity contribution in [1.29, 1.82) is 0 Å². The molecule has 2 aromatic rings.